The molecule has 0 radical (unpaired) electrons. The summed E-state index contributed by atoms with van der Waals surface area (Å²) < 4.78 is 0. The Hall–Kier alpha value is -3.21. The monoisotopic (exact) mass is 358 g/mol. The highest BCUT2D eigenvalue weighted by molar-refractivity contribution is 6.11. The van der Waals surface area contributed by atoms with Gasteiger partial charge < -0.3 is 4.90 Å². The summed E-state index contributed by atoms with van der Waals surface area (Å²) in [6.45, 7) is 0. The Kier molecular flexibility index (Phi) is 3.34. The molecule has 2 aromatic carbocycles. The molecule has 5 heteroatoms. The molecular weight excluding hydrogens is 340 g/mol. The number of nitrogens with zero attached hydrogens (tertiary/aromatic N) is 2. The molecule has 2 amide bonds. The van der Waals surface area contributed by atoms with Crippen molar-refractivity contribution in [3.63, 3.8) is 0 Å². The Bertz CT molecular complexity index is 998. The molecule has 3 aliphatic rings. The van der Waals surface area contributed by atoms with Crippen LogP contribution in [-0.4, -0.2) is 40.5 Å². The summed E-state index contributed by atoms with van der Waals surface area (Å²) >= 11 is 0. The van der Waals surface area contributed by atoms with Crippen LogP contribution in [0.4, 0.5) is 0 Å². The van der Waals surface area contributed by atoms with Gasteiger partial charge in [0.05, 0.1) is 17.9 Å². The molecule has 2 aromatic rings. The largest absolute Gasteiger partial charge is 0.358 e. The van der Waals surface area contributed by atoms with Crippen LogP contribution in [0.25, 0.3) is 6.08 Å². The van der Waals surface area contributed by atoms with Crippen molar-refractivity contribution in [2.45, 2.75) is 12.1 Å². The van der Waals surface area contributed by atoms with Gasteiger partial charge >= 0.3 is 0 Å². The zero-order valence-corrected chi connectivity index (χ0v) is 14.8. The molecule has 2 fully saturated rings. The van der Waals surface area contributed by atoms with Gasteiger partial charge in [-0.05, 0) is 17.2 Å². The lowest BCUT2D eigenvalue weighted by molar-refractivity contribution is -0.139. The molecule has 4 atom stereocenters. The predicted octanol–water partition coefficient (Wildman–Crippen LogP) is 2.51. The third kappa shape index (κ3) is 2.08. The minimum atomic E-state index is -0.673. The van der Waals surface area contributed by atoms with Crippen LogP contribution in [0.15, 0.2) is 60.8 Å². The summed E-state index contributed by atoms with van der Waals surface area (Å²) in [6.07, 6.45) is 3.83. The average molecular weight is 358 g/mol. The van der Waals surface area contributed by atoms with Crippen LogP contribution in [0.5, 0.6) is 0 Å². The van der Waals surface area contributed by atoms with E-state index in [-0.39, 0.29) is 23.6 Å². The van der Waals surface area contributed by atoms with Crippen LogP contribution >= 0.6 is 0 Å². The molecule has 0 aliphatic carbocycles. The number of rotatable bonds is 2. The first-order valence-corrected chi connectivity index (χ1v) is 9.05. The van der Waals surface area contributed by atoms with Gasteiger partial charge in [0, 0.05) is 18.8 Å². The lowest BCUT2D eigenvalue weighted by Crippen LogP contribution is -2.43. The van der Waals surface area contributed by atoms with E-state index in [1.165, 1.54) is 11.9 Å². The number of amides is 2. The van der Waals surface area contributed by atoms with Crippen LogP contribution in [0.2, 0.25) is 0 Å². The highest BCUT2D eigenvalue weighted by atomic mass is 16.2. The van der Waals surface area contributed by atoms with Crippen LogP contribution in [0.3, 0.4) is 0 Å². The fourth-order valence-electron chi connectivity index (χ4n) is 4.78. The van der Waals surface area contributed by atoms with Crippen LogP contribution in [0.1, 0.15) is 27.5 Å². The highest BCUT2D eigenvalue weighted by Gasteiger charge is 2.63. The molecule has 0 N–H and O–H groups in total. The second-order valence-corrected chi connectivity index (χ2v) is 7.30. The highest BCUT2D eigenvalue weighted by Crippen LogP contribution is 2.52. The first-order chi connectivity index (χ1) is 13.1. The smallest absolute Gasteiger partial charge is 0.235 e. The molecule has 0 saturated carbocycles. The molecule has 4 unspecified atom stereocenters. The predicted molar refractivity (Wildman–Crippen MR) is 99.4 cm³/mol. The van der Waals surface area contributed by atoms with E-state index in [1.807, 2.05) is 59.6 Å². The Labute approximate surface area is 156 Å². The van der Waals surface area contributed by atoms with E-state index in [9.17, 15) is 14.4 Å². The molecule has 3 aliphatic heterocycles. The van der Waals surface area contributed by atoms with Crippen LogP contribution < -0.4 is 0 Å². The summed E-state index contributed by atoms with van der Waals surface area (Å²) in [4.78, 5) is 42.3. The molecule has 5 rings (SSSR count). The van der Waals surface area contributed by atoms with Crippen molar-refractivity contribution in [2.75, 3.05) is 7.05 Å². The molecular formula is C22H18N2O3. The Morgan fingerprint density at radius 3 is 2.33 bits per heavy atom. The van der Waals surface area contributed by atoms with Gasteiger partial charge in [-0.15, -0.1) is 0 Å². The number of benzene rings is 2. The van der Waals surface area contributed by atoms with Crippen molar-refractivity contribution in [3.05, 3.63) is 77.5 Å². The second kappa shape index (κ2) is 5.64. The van der Waals surface area contributed by atoms with Gasteiger partial charge in [0.15, 0.2) is 5.78 Å². The summed E-state index contributed by atoms with van der Waals surface area (Å²) in [5.74, 6) is -1.77. The SMILES string of the molecule is CN1C(=O)C2C(C1=O)C1c3ccccc3C=CN1C2C(=O)c1ccccc1. The second-order valence-electron chi connectivity index (χ2n) is 7.30. The maximum Gasteiger partial charge on any atom is 0.235 e. The molecule has 2 saturated heterocycles. The first kappa shape index (κ1) is 16.0. The summed E-state index contributed by atoms with van der Waals surface area (Å²) in [5.41, 5.74) is 2.58. The number of carbonyl (C=O) groups is 3. The van der Waals surface area contributed by atoms with E-state index in [0.29, 0.717) is 5.56 Å². The fraction of sp³-hybridized carbons (Fsp3) is 0.227. The number of ketones is 1. The number of fused-ring (bicyclic) bond motifs is 5. The summed E-state index contributed by atoms with van der Waals surface area (Å²) in [7, 11) is 1.52. The van der Waals surface area contributed by atoms with Gasteiger partial charge in [0.1, 0.15) is 6.04 Å². The van der Waals surface area contributed by atoms with E-state index in [1.54, 1.807) is 12.1 Å². The first-order valence-electron chi connectivity index (χ1n) is 9.05. The normalized spacial score (nSPS) is 28.2. The van der Waals surface area contributed by atoms with E-state index < -0.39 is 17.9 Å². The van der Waals surface area contributed by atoms with Gasteiger partial charge in [-0.3, -0.25) is 19.3 Å². The van der Waals surface area contributed by atoms with Crippen molar-refractivity contribution < 1.29 is 14.4 Å². The van der Waals surface area contributed by atoms with E-state index in [2.05, 4.69) is 0 Å². The Morgan fingerprint density at radius 2 is 1.56 bits per heavy atom. The van der Waals surface area contributed by atoms with Crippen molar-refractivity contribution in [1.82, 2.24) is 9.80 Å². The number of imide groups is 1. The van der Waals surface area contributed by atoms with Gasteiger partial charge in [0.25, 0.3) is 0 Å². The van der Waals surface area contributed by atoms with Crippen LogP contribution in [-0.2, 0) is 9.59 Å². The minimum Gasteiger partial charge on any atom is -0.358 e. The number of carbonyl (C=O) groups excluding carboxylic acids is 3. The third-order valence-electron chi connectivity index (χ3n) is 6.01. The number of Topliss-reactive ketones (excluding diaryl/α,β-unsaturated/α-hetero) is 1. The fourth-order valence-corrected chi connectivity index (χ4v) is 4.78. The van der Waals surface area contributed by atoms with E-state index >= 15 is 0 Å². The summed E-state index contributed by atoms with van der Waals surface area (Å²) in [5, 5.41) is 0. The lowest BCUT2D eigenvalue weighted by atomic mass is 9.83. The zero-order valence-electron chi connectivity index (χ0n) is 14.8. The molecule has 0 spiro atoms. The van der Waals surface area contributed by atoms with Gasteiger partial charge in [-0.25, -0.2) is 0 Å². The van der Waals surface area contributed by atoms with Crippen molar-refractivity contribution in [3.8, 4) is 0 Å². The van der Waals surface area contributed by atoms with E-state index in [0.717, 1.165) is 11.1 Å². The average Bonchev–Trinajstić information content (AvgIpc) is 3.17. The number of likely N-dealkylation sites (tertiary alicyclic amines) is 1. The standard InChI is InChI=1S/C22H18N2O3/c1-23-21(26)16-17(22(23)27)19(20(25)14-8-3-2-4-9-14)24-12-11-13-7-5-6-10-15(13)18(16)24/h2-12,16-19H,1H3. The third-order valence-corrected chi connectivity index (χ3v) is 6.01. The van der Waals surface area contributed by atoms with Crippen molar-refractivity contribution in [1.29, 1.82) is 0 Å². The molecule has 27 heavy (non-hydrogen) atoms. The maximum absolute atomic E-state index is 13.4. The quantitative estimate of drug-likeness (QED) is 0.611. The number of hydrogen-bond acceptors (Lipinski definition) is 4. The Morgan fingerprint density at radius 1 is 0.889 bits per heavy atom. The number of hydrogen-bond donors (Lipinski definition) is 0. The molecule has 5 nitrogen and oxygen atoms in total. The minimum absolute atomic E-state index is 0.117. The molecule has 3 heterocycles. The van der Waals surface area contributed by atoms with E-state index in [4.69, 9.17) is 0 Å². The lowest BCUT2D eigenvalue weighted by Gasteiger charge is -2.35. The topological polar surface area (TPSA) is 57.7 Å². The Balaban J connectivity index is 1.67. The zero-order chi connectivity index (χ0) is 18.7. The van der Waals surface area contributed by atoms with Crippen molar-refractivity contribution in [2.24, 2.45) is 11.8 Å². The summed E-state index contributed by atoms with van der Waals surface area (Å²) in [6, 6.07) is 15.9. The molecule has 0 bridgehead atoms. The molecule has 134 valence electrons. The van der Waals surface area contributed by atoms with Crippen molar-refractivity contribution >= 4 is 23.7 Å². The van der Waals surface area contributed by atoms with Gasteiger partial charge in [-0.2, -0.15) is 0 Å². The van der Waals surface area contributed by atoms with Crippen LogP contribution in [0, 0.1) is 11.8 Å². The molecule has 0 aromatic heterocycles. The van der Waals surface area contributed by atoms with Gasteiger partial charge in [-0.1, -0.05) is 54.6 Å². The maximum atomic E-state index is 13.4. The van der Waals surface area contributed by atoms with Gasteiger partial charge in [0.2, 0.25) is 11.8 Å².